The molecule has 0 unspecified atom stereocenters. The number of carbonyl (C=O) groups excluding carboxylic acids is 9. The monoisotopic (exact) mass is 2070 g/mol. The fraction of sp³-hybridized carbons (Fsp3) is 0.500. The number of ether oxygens (including phenoxy) is 5. The summed E-state index contributed by atoms with van der Waals surface area (Å²) in [5.41, 5.74) is 35.4. The van der Waals surface area contributed by atoms with Gasteiger partial charge in [0.1, 0.15) is 45.7 Å². The van der Waals surface area contributed by atoms with Crippen LogP contribution in [0.5, 0.6) is 34.5 Å². The normalized spacial score (nSPS) is 12.9. The quantitative estimate of drug-likeness (QED) is 0.0156. The summed E-state index contributed by atoms with van der Waals surface area (Å²) in [6.07, 6.45) is 0. The summed E-state index contributed by atoms with van der Waals surface area (Å²) in [4.78, 5) is 117. The van der Waals surface area contributed by atoms with Gasteiger partial charge in [-0.1, -0.05) is 69.2 Å². The van der Waals surface area contributed by atoms with Gasteiger partial charge in [0, 0.05) is 103 Å². The number of allylic oxidation sites excluding steroid dienone is 2. The van der Waals surface area contributed by atoms with E-state index in [0.29, 0.717) is 56.4 Å². The van der Waals surface area contributed by atoms with Crippen molar-refractivity contribution >= 4 is 162 Å². The molecular weight excluding hydrogens is 1910 g/mol. The van der Waals surface area contributed by atoms with Crippen molar-refractivity contribution < 1.29 is 81.5 Å². The Bertz CT molecular complexity index is 6420. The first-order valence-electron chi connectivity index (χ1n) is 46.8. The van der Waals surface area contributed by atoms with Gasteiger partial charge >= 0.3 is 29.5 Å². The lowest BCUT2D eigenvalue weighted by molar-refractivity contribution is -0.155. The minimum atomic E-state index is -0.868. The third-order valence-electron chi connectivity index (χ3n) is 32.3. The molecule has 0 radical (unpaired) electrons. The van der Waals surface area contributed by atoms with Gasteiger partial charge in [-0.2, -0.15) is 27.0 Å². The van der Waals surface area contributed by atoms with Gasteiger partial charge in [0.15, 0.2) is 10.2 Å². The highest BCUT2D eigenvalue weighted by molar-refractivity contribution is 7.98. The van der Waals surface area contributed by atoms with Crippen molar-refractivity contribution in [3.8, 4) is 34.5 Å². The molecule has 2 N–H and O–H groups in total. The van der Waals surface area contributed by atoms with Crippen molar-refractivity contribution in [2.75, 3.05) is 7.11 Å². The van der Waals surface area contributed by atoms with Crippen LogP contribution in [0.4, 0.5) is 0 Å². The van der Waals surface area contributed by atoms with Gasteiger partial charge in [0.2, 0.25) is 15.3 Å². The number of benzene rings is 7. The molecular formula is C116H164O18S7. The van der Waals surface area contributed by atoms with Gasteiger partial charge in [-0.05, 0) is 423 Å². The van der Waals surface area contributed by atoms with E-state index < -0.39 is 38.6 Å². The molecule has 18 nitrogen and oxygen atoms in total. The number of phenolic OH excluding ortho intramolecular Hbond substituents is 2. The van der Waals surface area contributed by atoms with Crippen molar-refractivity contribution in [2.45, 2.75) is 368 Å². The van der Waals surface area contributed by atoms with E-state index in [1.165, 1.54) is 65.3 Å². The number of aryl methyl sites for hydroxylation is 3. The number of aromatic hydroxyl groups is 2. The van der Waals surface area contributed by atoms with Crippen LogP contribution in [-0.4, -0.2) is 66.8 Å². The number of fused-ring (bicyclic) bond motifs is 2. The van der Waals surface area contributed by atoms with Crippen LogP contribution in [0.25, 0.3) is 22.1 Å². The van der Waals surface area contributed by atoms with Crippen LogP contribution < -0.4 is 24.6 Å². The molecule has 25 heteroatoms. The van der Waals surface area contributed by atoms with E-state index >= 15 is 0 Å². The Labute approximate surface area is 884 Å². The maximum atomic E-state index is 12.3. The van der Waals surface area contributed by atoms with E-state index in [-0.39, 0.29) is 87.3 Å². The number of thiol groups is 5. The lowest BCUT2D eigenvalue weighted by Gasteiger charge is -2.46. The summed E-state index contributed by atoms with van der Waals surface area (Å²) >= 11 is 19.8. The van der Waals surface area contributed by atoms with E-state index in [2.05, 4.69) is 132 Å². The molecule has 778 valence electrons. The average Bonchev–Trinajstić information content (AvgIpc) is 0.715. The van der Waals surface area contributed by atoms with Crippen LogP contribution >= 0.6 is 90.1 Å². The summed E-state index contributed by atoms with van der Waals surface area (Å²) < 4.78 is 33.1. The number of hydrogen-bond donors (Lipinski definition) is 7. The molecule has 1 aliphatic heterocycles. The molecule has 0 saturated carbocycles. The van der Waals surface area contributed by atoms with Gasteiger partial charge in [0.05, 0.1) is 18.1 Å². The Morgan fingerprint density at radius 3 is 1.04 bits per heavy atom. The number of carbonyl (C=O) groups is 9. The van der Waals surface area contributed by atoms with Crippen LogP contribution in [0.15, 0.2) is 20.4 Å². The molecule has 2 heterocycles. The Hall–Kier alpha value is -8.69. The van der Waals surface area contributed by atoms with Crippen molar-refractivity contribution in [3.63, 3.8) is 0 Å². The standard InChI is InChI=1S/C19H28O3S.C17H22O4S.C17H26O2S.C17H24O2.C16H22O3S.C15H20O2S.C15H18O2.2H2S/c1-10-11(2)13(4)16(22-14(5)20)15(12(10)3)18(6,7)19(8,9)17(21)23;1-8-10(3)15(20-7)14(9(2)12(5)17(19)22)16(11(8)4)21-13(6)18;1-9-10(2)12(4)14(18)13(11(9)3)16(5,6)17(7,8)15(19)20;1-9-10(2)12(4)14-13(11(9)3)16(5,6)17(7,8)15(18)19-14;1-8-9(2)11(4)14(13(10(8)3)15(18)20)16(6,7)19-12(5)17;1-7-8(2)11(5)14(16)13(9(7)3)10(4)12(6)15(17)18;1-7-8(2)11(5)14-13(9(7)3)10(4)12(6)15(16)17-14;;/h1-9H3,(H,21,23);1-7H3,(H,19,22);18H,1-8H3,(H,19,20);1-8H3;1-7H3,(H,18,20);16H,1-6H3,(H,17,18);1-6H3;2*1H2/b;12-9+;;;;12-10-;;;. The Morgan fingerprint density at radius 1 is 0.326 bits per heavy atom. The molecule has 0 amide bonds. The third-order valence-corrected chi connectivity index (χ3v) is 34.4. The fourth-order valence-corrected chi connectivity index (χ4v) is 19.2. The lowest BCUT2D eigenvalue weighted by Crippen LogP contribution is -2.49. The minimum Gasteiger partial charge on any atom is -0.507 e. The van der Waals surface area contributed by atoms with Crippen molar-refractivity contribution in [3.05, 3.63) is 222 Å². The van der Waals surface area contributed by atoms with E-state index in [0.717, 1.165) is 161 Å². The summed E-state index contributed by atoms with van der Waals surface area (Å²) in [7, 11) is 1.56. The van der Waals surface area contributed by atoms with Crippen LogP contribution in [0.1, 0.15) is 350 Å². The molecule has 0 saturated heterocycles. The topological polar surface area (TPSA) is 270 Å². The number of rotatable bonds is 16. The summed E-state index contributed by atoms with van der Waals surface area (Å²) in [5.74, 6) is 1.68. The van der Waals surface area contributed by atoms with E-state index in [4.69, 9.17) is 28.1 Å². The van der Waals surface area contributed by atoms with E-state index in [1.807, 2.05) is 222 Å². The SMILES string of the molecule is C/C(C(=O)S)=C(\C)c1c(C)c(C)c(C)c(C)c1O.CC(=O)OC(C)(C)c1c(C)c(C)c(C)c(C)c1C(=O)S.CC(=O)Oc1c(C)c(C)c(C)c(C)c1C(C)(C)C(C)(C)C(=O)S.COc1c(C)c(C)c(C)c(OC(C)=O)c1/C(C)=C(\C)C(=O)S.Cc1c(C)c(C)c(C(C)(C)C(C)(C)C(=O)S)c(O)c1C.Cc1c(C)c(C)c2c(C)c(C)c(=O)oc2c1C.Cc1c(C)c(C)c2c(c1C)OC(=O)C(C)(C)C2(C)C.S.S. The smallest absolute Gasteiger partial charge is 0.339 e. The zero-order valence-corrected chi connectivity index (χ0v) is 101. The van der Waals surface area contributed by atoms with Crippen molar-refractivity contribution in [1.82, 2.24) is 0 Å². The summed E-state index contributed by atoms with van der Waals surface area (Å²) in [6, 6.07) is 0. The molecule has 0 bridgehead atoms. The van der Waals surface area contributed by atoms with Crippen LogP contribution in [0.3, 0.4) is 0 Å². The number of phenols is 2. The predicted octanol–water partition coefficient (Wildman–Crippen LogP) is 28.5. The average molecular weight is 2070 g/mol. The Morgan fingerprint density at radius 2 is 0.638 bits per heavy atom. The van der Waals surface area contributed by atoms with Crippen LogP contribution in [0, 0.1) is 217 Å². The molecule has 0 atom stereocenters. The first-order chi connectivity index (χ1) is 62.8. The zero-order chi connectivity index (χ0) is 109. The first kappa shape index (κ1) is 130. The highest BCUT2D eigenvalue weighted by Crippen LogP contribution is 2.56. The number of methoxy groups -OCH3 is 1. The molecule has 9 rings (SSSR count). The second kappa shape index (κ2) is 49.0. The Kier molecular flexibility index (Phi) is 45.3. The zero-order valence-electron chi connectivity index (χ0n) is 94.2. The van der Waals surface area contributed by atoms with Gasteiger partial charge in [-0.15, -0.1) is 63.1 Å². The predicted molar refractivity (Wildman–Crippen MR) is 608 cm³/mol. The third kappa shape index (κ3) is 25.9. The number of hydrogen-bond acceptors (Lipinski definition) is 18. The van der Waals surface area contributed by atoms with Gasteiger partial charge in [0.25, 0.3) is 0 Å². The number of esters is 4. The molecule has 0 fully saturated rings. The highest BCUT2D eigenvalue weighted by Gasteiger charge is 2.53. The summed E-state index contributed by atoms with van der Waals surface area (Å²) in [5, 5.41) is 20.8. The largest absolute Gasteiger partial charge is 0.507 e. The van der Waals surface area contributed by atoms with Gasteiger partial charge in [-0.3, -0.25) is 43.2 Å². The van der Waals surface area contributed by atoms with Crippen molar-refractivity contribution in [2.24, 2.45) is 16.2 Å². The molecule has 1 aliphatic rings. The Balaban J connectivity index is 0.000000822. The second-order valence-corrected chi connectivity index (χ2v) is 43.5. The highest BCUT2D eigenvalue weighted by atomic mass is 32.1. The molecule has 0 aliphatic carbocycles. The van der Waals surface area contributed by atoms with Gasteiger partial charge in [-0.25, -0.2) is 4.79 Å². The maximum absolute atomic E-state index is 12.3. The second-order valence-electron chi connectivity index (χ2n) is 41.5. The molecule has 1 aromatic heterocycles. The molecule has 0 spiro atoms. The minimum absolute atomic E-state index is 0. The fourth-order valence-electron chi connectivity index (χ4n) is 18.0. The first-order valence-corrected chi connectivity index (χ1v) is 49.0. The van der Waals surface area contributed by atoms with E-state index in [9.17, 15) is 58.2 Å². The maximum Gasteiger partial charge on any atom is 0.339 e. The summed E-state index contributed by atoms with van der Waals surface area (Å²) in [6.45, 7) is 96.7. The molecule has 8 aromatic rings. The van der Waals surface area contributed by atoms with E-state index in [1.54, 1.807) is 41.7 Å². The molecule has 141 heavy (non-hydrogen) atoms. The van der Waals surface area contributed by atoms with Gasteiger partial charge < -0.3 is 38.3 Å². The molecule has 7 aromatic carbocycles. The lowest BCUT2D eigenvalue weighted by atomic mass is 9.61. The van der Waals surface area contributed by atoms with Crippen LogP contribution in [0.2, 0.25) is 0 Å². The van der Waals surface area contributed by atoms with Crippen molar-refractivity contribution in [1.29, 1.82) is 0 Å². The van der Waals surface area contributed by atoms with Crippen LogP contribution in [-0.2, 0) is 64.9 Å².